The number of Topliss-reactive ketones (excluding diaryl/α,β-unsaturated/α-hetero) is 2. The molecule has 0 saturated heterocycles. The smallest absolute Gasteiger partial charge is 0.200 e. The Morgan fingerprint density at radius 1 is 1.12 bits per heavy atom. The highest BCUT2D eigenvalue weighted by atomic mass is 19.1. The van der Waals surface area contributed by atoms with Crippen molar-refractivity contribution in [3.8, 4) is 17.2 Å². The van der Waals surface area contributed by atoms with Crippen molar-refractivity contribution >= 4 is 11.6 Å². The summed E-state index contributed by atoms with van der Waals surface area (Å²) in [6.07, 6.45) is 0.246. The van der Waals surface area contributed by atoms with Crippen molar-refractivity contribution in [3.05, 3.63) is 52.8 Å². The Balaban J connectivity index is 1.80. The van der Waals surface area contributed by atoms with Crippen LogP contribution in [0.1, 0.15) is 45.5 Å². The fourth-order valence-corrected chi connectivity index (χ4v) is 3.18. The van der Waals surface area contributed by atoms with E-state index in [-0.39, 0.29) is 41.8 Å². The van der Waals surface area contributed by atoms with E-state index in [1.54, 1.807) is 25.1 Å². The Kier molecular flexibility index (Phi) is 4.93. The second kappa shape index (κ2) is 7.15. The molecular formula is C20H19FO5. The molecule has 1 aliphatic carbocycles. The van der Waals surface area contributed by atoms with Crippen LogP contribution in [0.2, 0.25) is 0 Å². The lowest BCUT2D eigenvalue weighted by atomic mass is 10.0. The molecule has 0 fully saturated rings. The van der Waals surface area contributed by atoms with E-state index in [1.165, 1.54) is 26.4 Å². The number of ketones is 2. The zero-order valence-corrected chi connectivity index (χ0v) is 14.8. The maximum Gasteiger partial charge on any atom is 0.200 e. The average Bonchev–Trinajstić information content (AvgIpc) is 2.95. The highest BCUT2D eigenvalue weighted by molar-refractivity contribution is 6.04. The van der Waals surface area contributed by atoms with Crippen LogP contribution in [0.3, 0.4) is 0 Å². The molecule has 2 aromatic carbocycles. The van der Waals surface area contributed by atoms with E-state index < -0.39 is 5.82 Å². The lowest BCUT2D eigenvalue weighted by Gasteiger charge is -2.12. The molecular weight excluding hydrogens is 339 g/mol. The molecule has 0 radical (unpaired) electrons. The predicted octanol–water partition coefficient (Wildman–Crippen LogP) is 3.79. The largest absolute Gasteiger partial charge is 0.493 e. The van der Waals surface area contributed by atoms with E-state index in [9.17, 15) is 14.0 Å². The molecule has 2 aromatic rings. The maximum atomic E-state index is 14.0. The molecule has 0 aliphatic heterocycles. The van der Waals surface area contributed by atoms with Gasteiger partial charge in [-0.25, -0.2) is 4.39 Å². The van der Waals surface area contributed by atoms with Crippen LogP contribution in [0, 0.1) is 5.82 Å². The Morgan fingerprint density at radius 2 is 1.81 bits per heavy atom. The Bertz CT molecular complexity index is 875. The lowest BCUT2D eigenvalue weighted by Crippen LogP contribution is -2.13. The summed E-state index contributed by atoms with van der Waals surface area (Å²) >= 11 is 0. The van der Waals surface area contributed by atoms with Crippen LogP contribution in [-0.2, 0) is 0 Å². The third kappa shape index (κ3) is 3.14. The number of carbonyl (C=O) groups excluding carboxylic acids is 2. The topological polar surface area (TPSA) is 61.8 Å². The van der Waals surface area contributed by atoms with Crippen LogP contribution in [0.4, 0.5) is 4.39 Å². The van der Waals surface area contributed by atoms with Gasteiger partial charge in [-0.15, -0.1) is 0 Å². The van der Waals surface area contributed by atoms with E-state index in [0.717, 1.165) is 0 Å². The van der Waals surface area contributed by atoms with Crippen molar-refractivity contribution in [3.63, 3.8) is 0 Å². The number of hydrogen-bond donors (Lipinski definition) is 0. The molecule has 26 heavy (non-hydrogen) atoms. The number of carbonyl (C=O) groups is 2. The van der Waals surface area contributed by atoms with Crippen LogP contribution in [0.15, 0.2) is 30.3 Å². The van der Waals surface area contributed by atoms with Crippen molar-refractivity contribution in [1.82, 2.24) is 0 Å². The van der Waals surface area contributed by atoms with Crippen LogP contribution in [0.25, 0.3) is 0 Å². The molecule has 5 nitrogen and oxygen atoms in total. The third-order valence-electron chi connectivity index (χ3n) is 4.48. The van der Waals surface area contributed by atoms with E-state index in [2.05, 4.69) is 0 Å². The fraction of sp³-hybridized carbons (Fsp3) is 0.300. The van der Waals surface area contributed by atoms with Gasteiger partial charge in [-0.05, 0) is 36.2 Å². The van der Waals surface area contributed by atoms with Gasteiger partial charge in [-0.1, -0.05) is 6.92 Å². The van der Waals surface area contributed by atoms with Gasteiger partial charge in [0.25, 0.3) is 0 Å². The van der Waals surface area contributed by atoms with Gasteiger partial charge in [-0.2, -0.15) is 0 Å². The molecule has 0 bridgehead atoms. The summed E-state index contributed by atoms with van der Waals surface area (Å²) in [5.74, 6) is 0.123. The zero-order valence-electron chi connectivity index (χ0n) is 14.8. The lowest BCUT2D eigenvalue weighted by molar-refractivity contribution is 0.0911. The summed E-state index contributed by atoms with van der Waals surface area (Å²) in [6.45, 7) is 1.53. The number of hydrogen-bond acceptors (Lipinski definition) is 5. The number of methoxy groups -OCH3 is 2. The Morgan fingerprint density at radius 3 is 2.50 bits per heavy atom. The molecule has 136 valence electrons. The summed E-state index contributed by atoms with van der Waals surface area (Å²) in [4.78, 5) is 24.6. The molecule has 0 spiro atoms. The molecule has 1 unspecified atom stereocenters. The number of benzene rings is 2. The second-order valence-corrected chi connectivity index (χ2v) is 6.14. The highest BCUT2D eigenvalue weighted by Crippen LogP contribution is 2.39. The van der Waals surface area contributed by atoms with Gasteiger partial charge in [0.05, 0.1) is 19.8 Å². The first-order chi connectivity index (χ1) is 12.5. The molecule has 1 atom stereocenters. The molecule has 1 aliphatic rings. The van der Waals surface area contributed by atoms with Crippen LogP contribution >= 0.6 is 0 Å². The molecule has 0 aromatic heterocycles. The zero-order chi connectivity index (χ0) is 18.8. The van der Waals surface area contributed by atoms with Crippen molar-refractivity contribution in [2.75, 3.05) is 20.8 Å². The van der Waals surface area contributed by atoms with Crippen LogP contribution < -0.4 is 14.2 Å². The van der Waals surface area contributed by atoms with Gasteiger partial charge in [0.2, 0.25) is 0 Å². The highest BCUT2D eigenvalue weighted by Gasteiger charge is 2.32. The van der Waals surface area contributed by atoms with Gasteiger partial charge in [-0.3, -0.25) is 9.59 Å². The van der Waals surface area contributed by atoms with Crippen molar-refractivity contribution < 1.29 is 28.2 Å². The number of rotatable bonds is 6. The quantitative estimate of drug-likeness (QED) is 0.735. The minimum absolute atomic E-state index is 0.166. The maximum absolute atomic E-state index is 14.0. The number of fused-ring (bicyclic) bond motifs is 1. The van der Waals surface area contributed by atoms with Crippen LogP contribution in [0.5, 0.6) is 17.2 Å². The summed E-state index contributed by atoms with van der Waals surface area (Å²) in [7, 11) is 2.99. The number of halogens is 1. The summed E-state index contributed by atoms with van der Waals surface area (Å²) < 4.78 is 29.9. The minimum atomic E-state index is -0.420. The normalized spacial score (nSPS) is 15.5. The molecule has 0 N–H and O–H groups in total. The first kappa shape index (κ1) is 17.9. The van der Waals surface area contributed by atoms with Gasteiger partial charge >= 0.3 is 0 Å². The number of ether oxygens (including phenoxy) is 3. The summed E-state index contributed by atoms with van der Waals surface area (Å²) in [6, 6.07) is 7.46. The van der Waals surface area contributed by atoms with Gasteiger partial charge in [0.1, 0.15) is 11.6 Å². The fourth-order valence-electron chi connectivity index (χ4n) is 3.18. The third-order valence-corrected chi connectivity index (χ3v) is 4.48. The summed E-state index contributed by atoms with van der Waals surface area (Å²) in [5.41, 5.74) is 1.00. The van der Waals surface area contributed by atoms with E-state index >= 15 is 0 Å². The standard InChI is InChI=1S/C20H19FO5/c1-11-8-14(22)20-17(7-5-13(21)19(11)20)26-10-15(23)12-4-6-16(24-2)18(9-12)25-3/h4-7,9,11H,8,10H2,1-3H3. The minimum Gasteiger partial charge on any atom is -0.493 e. The van der Waals surface area contributed by atoms with Gasteiger partial charge < -0.3 is 14.2 Å². The Hall–Kier alpha value is -2.89. The molecule has 0 amide bonds. The van der Waals surface area contributed by atoms with Gasteiger partial charge in [0, 0.05) is 17.5 Å². The first-order valence-corrected chi connectivity index (χ1v) is 8.19. The molecule has 0 heterocycles. The second-order valence-electron chi connectivity index (χ2n) is 6.14. The van der Waals surface area contributed by atoms with Crippen molar-refractivity contribution in [2.24, 2.45) is 0 Å². The first-order valence-electron chi connectivity index (χ1n) is 8.19. The SMILES string of the molecule is COc1ccc(C(=O)COc2ccc(F)c3c2C(=O)CC3C)cc1OC. The predicted molar refractivity (Wildman–Crippen MR) is 93.1 cm³/mol. The van der Waals surface area contributed by atoms with Crippen molar-refractivity contribution in [1.29, 1.82) is 0 Å². The molecule has 6 heteroatoms. The van der Waals surface area contributed by atoms with E-state index in [1.807, 2.05) is 0 Å². The van der Waals surface area contributed by atoms with Gasteiger partial charge in [0.15, 0.2) is 29.7 Å². The molecule has 3 rings (SSSR count). The van der Waals surface area contributed by atoms with E-state index in [0.29, 0.717) is 22.6 Å². The van der Waals surface area contributed by atoms with E-state index in [4.69, 9.17) is 14.2 Å². The monoisotopic (exact) mass is 358 g/mol. The van der Waals surface area contributed by atoms with Crippen molar-refractivity contribution in [2.45, 2.75) is 19.3 Å². The average molecular weight is 358 g/mol. The molecule has 0 saturated carbocycles. The summed E-state index contributed by atoms with van der Waals surface area (Å²) in [5, 5.41) is 0. The Labute approximate surface area is 150 Å². The van der Waals surface area contributed by atoms with Crippen LogP contribution in [-0.4, -0.2) is 32.4 Å².